The lowest BCUT2D eigenvalue weighted by Gasteiger charge is -2.25. The third-order valence-corrected chi connectivity index (χ3v) is 5.53. The molecule has 8 nitrogen and oxygen atoms in total. The Morgan fingerprint density at radius 3 is 2.30 bits per heavy atom. The van der Waals surface area contributed by atoms with Gasteiger partial charge in [0.15, 0.2) is 0 Å². The number of non-ortho nitro benzene ring substituents is 1. The van der Waals surface area contributed by atoms with Gasteiger partial charge in [0.25, 0.3) is 11.6 Å². The number of hydrogen-bond donors (Lipinski definition) is 0. The van der Waals surface area contributed by atoms with Crippen LogP contribution in [0.25, 0.3) is 22.9 Å². The van der Waals surface area contributed by atoms with Gasteiger partial charge in [0, 0.05) is 35.9 Å². The number of nitro groups is 1. The number of carbonyl (C=O) groups excluding carboxylic acids is 1. The zero-order valence-corrected chi connectivity index (χ0v) is 18.4. The van der Waals surface area contributed by atoms with E-state index in [0.717, 1.165) is 11.1 Å². The Bertz CT molecular complexity index is 1310. The molecule has 0 saturated carbocycles. The molecule has 1 amide bonds. The SMILES string of the molecule is Cc1cccc(-c2nnc(-c3ccc(C(=O)N(C)[C@H](C)c4cccc([N+](=O)[O-])c4)cc3)o2)c1. The van der Waals surface area contributed by atoms with Gasteiger partial charge in [-0.1, -0.05) is 29.8 Å². The van der Waals surface area contributed by atoms with Gasteiger partial charge in [-0.05, 0) is 55.8 Å². The van der Waals surface area contributed by atoms with Gasteiger partial charge in [0.2, 0.25) is 11.8 Å². The number of hydrogen-bond acceptors (Lipinski definition) is 6. The quantitative estimate of drug-likeness (QED) is 0.290. The van der Waals surface area contributed by atoms with Crippen LogP contribution in [-0.4, -0.2) is 33.0 Å². The highest BCUT2D eigenvalue weighted by Crippen LogP contribution is 2.27. The summed E-state index contributed by atoms with van der Waals surface area (Å²) in [4.78, 5) is 25.1. The van der Waals surface area contributed by atoms with E-state index in [1.54, 1.807) is 48.3 Å². The van der Waals surface area contributed by atoms with Crippen molar-refractivity contribution in [3.63, 3.8) is 0 Å². The van der Waals surface area contributed by atoms with Crippen LogP contribution in [0.2, 0.25) is 0 Å². The van der Waals surface area contributed by atoms with Crippen LogP contribution in [0.3, 0.4) is 0 Å². The summed E-state index contributed by atoms with van der Waals surface area (Å²) in [6.07, 6.45) is 0. The minimum absolute atomic E-state index is 0.00542. The van der Waals surface area contributed by atoms with Crippen molar-refractivity contribution in [2.75, 3.05) is 7.05 Å². The van der Waals surface area contributed by atoms with E-state index >= 15 is 0 Å². The minimum atomic E-state index is -0.446. The van der Waals surface area contributed by atoms with Gasteiger partial charge in [-0.25, -0.2) is 0 Å². The zero-order chi connectivity index (χ0) is 23.5. The Hall–Kier alpha value is -4.33. The van der Waals surface area contributed by atoms with Crippen molar-refractivity contribution in [3.8, 4) is 22.9 Å². The van der Waals surface area contributed by atoms with E-state index in [0.29, 0.717) is 28.5 Å². The van der Waals surface area contributed by atoms with E-state index in [1.807, 2.05) is 38.1 Å². The summed E-state index contributed by atoms with van der Waals surface area (Å²) in [5.41, 5.74) is 3.81. The predicted molar refractivity (Wildman–Crippen MR) is 124 cm³/mol. The molecular weight excluding hydrogens is 420 g/mol. The normalized spacial score (nSPS) is 11.7. The average molecular weight is 442 g/mol. The zero-order valence-electron chi connectivity index (χ0n) is 18.4. The number of aromatic nitrogens is 2. The number of amides is 1. The maximum Gasteiger partial charge on any atom is 0.269 e. The molecule has 1 aromatic heterocycles. The minimum Gasteiger partial charge on any atom is -0.416 e. The third-order valence-electron chi connectivity index (χ3n) is 5.53. The molecule has 4 aromatic rings. The first-order valence-corrected chi connectivity index (χ1v) is 10.4. The first-order chi connectivity index (χ1) is 15.8. The highest BCUT2D eigenvalue weighted by atomic mass is 16.6. The van der Waals surface area contributed by atoms with Crippen LogP contribution in [0.1, 0.15) is 34.5 Å². The molecule has 8 heteroatoms. The van der Waals surface area contributed by atoms with E-state index in [1.165, 1.54) is 12.1 Å². The molecule has 0 aliphatic rings. The summed E-state index contributed by atoms with van der Waals surface area (Å²) in [6, 6.07) is 20.7. The average Bonchev–Trinajstić information content (AvgIpc) is 3.33. The number of aryl methyl sites for hydroxylation is 1. The second-order valence-electron chi connectivity index (χ2n) is 7.80. The maximum absolute atomic E-state index is 13.0. The summed E-state index contributed by atoms with van der Waals surface area (Å²) in [5, 5.41) is 19.3. The van der Waals surface area contributed by atoms with Gasteiger partial charge in [0.1, 0.15) is 0 Å². The molecule has 1 heterocycles. The van der Waals surface area contributed by atoms with E-state index in [2.05, 4.69) is 10.2 Å². The third kappa shape index (κ3) is 4.64. The van der Waals surface area contributed by atoms with Crippen molar-refractivity contribution in [3.05, 3.63) is 99.6 Å². The summed E-state index contributed by atoms with van der Waals surface area (Å²) < 4.78 is 5.81. The molecule has 0 radical (unpaired) electrons. The van der Waals surface area contributed by atoms with Crippen LogP contribution >= 0.6 is 0 Å². The van der Waals surface area contributed by atoms with Crippen molar-refractivity contribution in [1.29, 1.82) is 0 Å². The highest BCUT2D eigenvalue weighted by molar-refractivity contribution is 5.94. The standard InChI is InChI=1S/C25H22N4O4/c1-16-6-4-8-21(14-16)24-27-26-23(33-24)18-10-12-19(13-11-18)25(30)28(3)17(2)20-7-5-9-22(15-20)29(31)32/h4-15,17H,1-3H3/t17-/m1/s1. The van der Waals surface area contributed by atoms with E-state index in [-0.39, 0.29) is 17.6 Å². The molecule has 0 saturated heterocycles. The van der Waals surface area contributed by atoms with Gasteiger partial charge in [0.05, 0.1) is 11.0 Å². The second-order valence-corrected chi connectivity index (χ2v) is 7.80. The molecule has 0 spiro atoms. The van der Waals surface area contributed by atoms with Gasteiger partial charge < -0.3 is 9.32 Å². The Morgan fingerprint density at radius 1 is 0.970 bits per heavy atom. The van der Waals surface area contributed by atoms with Crippen molar-refractivity contribution in [1.82, 2.24) is 15.1 Å². The molecule has 0 N–H and O–H groups in total. The van der Waals surface area contributed by atoms with Gasteiger partial charge in [-0.2, -0.15) is 0 Å². The van der Waals surface area contributed by atoms with Crippen LogP contribution in [0.5, 0.6) is 0 Å². The summed E-state index contributed by atoms with van der Waals surface area (Å²) >= 11 is 0. The van der Waals surface area contributed by atoms with Gasteiger partial charge in [-0.15, -0.1) is 10.2 Å². The van der Waals surface area contributed by atoms with Crippen molar-refractivity contribution in [2.24, 2.45) is 0 Å². The van der Waals surface area contributed by atoms with Crippen LogP contribution in [0.15, 0.2) is 77.2 Å². The Balaban J connectivity index is 1.50. The fraction of sp³-hybridized carbons (Fsp3) is 0.160. The fourth-order valence-electron chi connectivity index (χ4n) is 3.49. The van der Waals surface area contributed by atoms with Crippen molar-refractivity contribution in [2.45, 2.75) is 19.9 Å². The number of nitro benzene ring substituents is 1. The lowest BCUT2D eigenvalue weighted by Crippen LogP contribution is -2.29. The van der Waals surface area contributed by atoms with Gasteiger partial charge in [-0.3, -0.25) is 14.9 Å². The fourth-order valence-corrected chi connectivity index (χ4v) is 3.49. The summed E-state index contributed by atoms with van der Waals surface area (Å²) in [6.45, 7) is 3.82. The lowest BCUT2D eigenvalue weighted by molar-refractivity contribution is -0.384. The molecule has 0 bridgehead atoms. The summed E-state index contributed by atoms with van der Waals surface area (Å²) in [7, 11) is 1.67. The molecule has 0 fully saturated rings. The number of rotatable bonds is 6. The monoisotopic (exact) mass is 442 g/mol. The number of carbonyl (C=O) groups is 1. The Morgan fingerprint density at radius 2 is 1.64 bits per heavy atom. The molecule has 166 valence electrons. The van der Waals surface area contributed by atoms with Crippen molar-refractivity contribution < 1.29 is 14.1 Å². The number of nitrogens with zero attached hydrogens (tertiary/aromatic N) is 4. The molecule has 0 unspecified atom stereocenters. The van der Waals surface area contributed by atoms with Crippen LogP contribution in [0, 0.1) is 17.0 Å². The van der Waals surface area contributed by atoms with Crippen LogP contribution in [-0.2, 0) is 0 Å². The molecule has 1 atom stereocenters. The Kier molecular flexibility index (Phi) is 5.99. The van der Waals surface area contributed by atoms with Crippen LogP contribution in [0.4, 0.5) is 5.69 Å². The maximum atomic E-state index is 13.0. The molecule has 4 rings (SSSR count). The van der Waals surface area contributed by atoms with Crippen LogP contribution < -0.4 is 0 Å². The second kappa shape index (κ2) is 9.04. The molecular formula is C25H22N4O4. The predicted octanol–water partition coefficient (Wildman–Crippen LogP) is 5.45. The van der Waals surface area contributed by atoms with Crippen molar-refractivity contribution >= 4 is 11.6 Å². The van der Waals surface area contributed by atoms with E-state index in [4.69, 9.17) is 4.42 Å². The summed E-state index contributed by atoms with van der Waals surface area (Å²) in [5.74, 6) is 0.592. The molecule has 0 aliphatic heterocycles. The first-order valence-electron chi connectivity index (χ1n) is 10.4. The van der Waals surface area contributed by atoms with Gasteiger partial charge >= 0.3 is 0 Å². The highest BCUT2D eigenvalue weighted by Gasteiger charge is 2.21. The smallest absolute Gasteiger partial charge is 0.269 e. The first kappa shape index (κ1) is 21.9. The molecule has 3 aromatic carbocycles. The molecule has 33 heavy (non-hydrogen) atoms. The van der Waals surface area contributed by atoms with E-state index in [9.17, 15) is 14.9 Å². The largest absolute Gasteiger partial charge is 0.416 e. The Labute approximate surface area is 190 Å². The topological polar surface area (TPSA) is 102 Å². The number of benzene rings is 3. The lowest BCUT2D eigenvalue weighted by atomic mass is 10.0. The molecule has 0 aliphatic carbocycles. The van der Waals surface area contributed by atoms with E-state index < -0.39 is 4.92 Å².